The molecule has 2 aromatic rings. The normalized spacial score (nSPS) is 16.0. The van der Waals surface area contributed by atoms with Crippen LogP contribution in [0.3, 0.4) is 0 Å². The lowest BCUT2D eigenvalue weighted by Crippen LogP contribution is -2.46. The number of methoxy groups -OCH3 is 2. The average molecular weight is 389 g/mol. The van der Waals surface area contributed by atoms with Gasteiger partial charge in [-0.1, -0.05) is 18.2 Å². The number of ether oxygens (including phenoxy) is 2. The van der Waals surface area contributed by atoms with Crippen LogP contribution in [0, 0.1) is 0 Å². The molecule has 6 heteroatoms. The van der Waals surface area contributed by atoms with Crippen molar-refractivity contribution in [2.45, 2.75) is 19.4 Å². The highest BCUT2D eigenvalue weighted by molar-refractivity contribution is 7.80. The predicted molar refractivity (Wildman–Crippen MR) is 112 cm³/mol. The maximum atomic E-state index is 5.70. The van der Waals surface area contributed by atoms with E-state index in [2.05, 4.69) is 46.4 Å². The van der Waals surface area contributed by atoms with Gasteiger partial charge in [-0.2, -0.15) is 0 Å². The van der Waals surface area contributed by atoms with Gasteiger partial charge in [-0.05, 0) is 60.3 Å². The molecular weight excluding hydrogens is 364 g/mol. The van der Waals surface area contributed by atoms with Gasteiger partial charge in [0, 0.05) is 18.0 Å². The molecule has 3 rings (SSSR count). The summed E-state index contributed by atoms with van der Waals surface area (Å²) in [6.45, 7) is 7.48. The fraction of sp³-hybridized carbons (Fsp3) is 0.350. The van der Waals surface area contributed by atoms with E-state index in [-0.39, 0.29) is 6.04 Å². The summed E-state index contributed by atoms with van der Waals surface area (Å²) >= 11 is 7.45. The van der Waals surface area contributed by atoms with Crippen molar-refractivity contribution in [1.82, 2.24) is 10.2 Å². The first kappa shape index (κ1) is 18.7. The van der Waals surface area contributed by atoms with Crippen molar-refractivity contribution < 1.29 is 9.47 Å². The van der Waals surface area contributed by atoms with Crippen molar-refractivity contribution in [1.29, 1.82) is 0 Å². The van der Waals surface area contributed by atoms with Crippen molar-refractivity contribution in [3.8, 4) is 11.5 Å². The summed E-state index contributed by atoms with van der Waals surface area (Å²) in [6.07, 6.45) is 0.909. The number of thiophene rings is 1. The van der Waals surface area contributed by atoms with Gasteiger partial charge in [0.15, 0.2) is 16.6 Å². The van der Waals surface area contributed by atoms with Crippen molar-refractivity contribution >= 4 is 28.7 Å². The summed E-state index contributed by atoms with van der Waals surface area (Å²) in [6, 6.07) is 8.50. The van der Waals surface area contributed by atoms with Crippen LogP contribution in [-0.2, 0) is 6.42 Å². The molecule has 1 aromatic heterocycles. The van der Waals surface area contributed by atoms with Crippen molar-refractivity contribution in [2.24, 2.45) is 0 Å². The highest BCUT2D eigenvalue weighted by Crippen LogP contribution is 2.42. The smallest absolute Gasteiger partial charge is 0.170 e. The summed E-state index contributed by atoms with van der Waals surface area (Å²) in [5, 5.41) is 6.19. The number of benzene rings is 1. The van der Waals surface area contributed by atoms with E-state index in [0.29, 0.717) is 6.54 Å². The Bertz CT molecular complexity index is 802. The molecular formula is C20H24N2O2S2. The van der Waals surface area contributed by atoms with Gasteiger partial charge in [0.05, 0.1) is 20.3 Å². The summed E-state index contributed by atoms with van der Waals surface area (Å²) in [5.41, 5.74) is 3.56. The highest BCUT2D eigenvalue weighted by atomic mass is 32.1. The number of rotatable bonds is 5. The first-order chi connectivity index (χ1) is 12.5. The van der Waals surface area contributed by atoms with Crippen LogP contribution < -0.4 is 14.8 Å². The van der Waals surface area contributed by atoms with Crippen molar-refractivity contribution in [3.63, 3.8) is 0 Å². The molecule has 26 heavy (non-hydrogen) atoms. The van der Waals surface area contributed by atoms with E-state index in [0.717, 1.165) is 35.2 Å². The van der Waals surface area contributed by atoms with Gasteiger partial charge in [-0.15, -0.1) is 11.3 Å². The van der Waals surface area contributed by atoms with E-state index < -0.39 is 0 Å². The third-order valence-electron chi connectivity index (χ3n) is 4.49. The van der Waals surface area contributed by atoms with Crippen LogP contribution in [0.2, 0.25) is 0 Å². The summed E-state index contributed by atoms with van der Waals surface area (Å²) in [7, 11) is 3.34. The van der Waals surface area contributed by atoms with Gasteiger partial charge in [0.2, 0.25) is 0 Å². The maximum absolute atomic E-state index is 5.70. The monoisotopic (exact) mass is 388 g/mol. The summed E-state index contributed by atoms with van der Waals surface area (Å²) in [5.74, 6) is 1.52. The second-order valence-corrected chi connectivity index (χ2v) is 7.75. The standard InChI is InChI=1S/C20H24N2O2S2/c1-13(2)12-21-20(25)22-8-7-14-10-16(23-3)17(24-4)11-15(14)19(22)18-6-5-9-26-18/h5-6,9-11,19H,1,7-8,12H2,2-4H3,(H,21,25)/t19-/m1/s1. The fourth-order valence-electron chi connectivity index (χ4n) is 3.25. The van der Waals surface area contributed by atoms with Gasteiger partial charge >= 0.3 is 0 Å². The molecule has 4 nitrogen and oxygen atoms in total. The Morgan fingerprint density at radius 2 is 2.08 bits per heavy atom. The largest absolute Gasteiger partial charge is 0.493 e. The van der Waals surface area contributed by atoms with Gasteiger partial charge in [-0.3, -0.25) is 0 Å². The highest BCUT2D eigenvalue weighted by Gasteiger charge is 2.32. The van der Waals surface area contributed by atoms with Crippen LogP contribution in [0.25, 0.3) is 0 Å². The third kappa shape index (κ3) is 3.71. The lowest BCUT2D eigenvalue weighted by Gasteiger charge is -2.39. The molecule has 0 saturated heterocycles. The van der Waals surface area contributed by atoms with Gasteiger partial charge in [0.1, 0.15) is 0 Å². The molecule has 0 saturated carbocycles. The Kier molecular flexibility index (Phi) is 5.84. The first-order valence-electron chi connectivity index (χ1n) is 8.52. The SMILES string of the molecule is C=C(C)CNC(=S)N1CCc2cc(OC)c(OC)cc2[C@@H]1c1cccs1. The number of thiocarbonyl (C=S) groups is 1. The molecule has 1 aromatic carbocycles. The molecule has 1 N–H and O–H groups in total. The first-order valence-corrected chi connectivity index (χ1v) is 9.81. The quantitative estimate of drug-likeness (QED) is 0.614. The van der Waals surface area contributed by atoms with E-state index in [1.54, 1.807) is 25.6 Å². The molecule has 1 aliphatic heterocycles. The van der Waals surface area contributed by atoms with E-state index >= 15 is 0 Å². The van der Waals surface area contributed by atoms with Crippen molar-refractivity contribution in [3.05, 3.63) is 57.8 Å². The van der Waals surface area contributed by atoms with Crippen LogP contribution in [0.5, 0.6) is 11.5 Å². The zero-order chi connectivity index (χ0) is 18.7. The number of hydrogen-bond donors (Lipinski definition) is 1. The Hall–Kier alpha value is -2.05. The number of hydrogen-bond acceptors (Lipinski definition) is 4. The molecule has 0 bridgehead atoms. The Morgan fingerprint density at radius 1 is 1.35 bits per heavy atom. The molecule has 0 unspecified atom stereocenters. The van der Waals surface area contributed by atoms with E-state index in [1.165, 1.54) is 16.0 Å². The second-order valence-electron chi connectivity index (χ2n) is 6.38. The maximum Gasteiger partial charge on any atom is 0.170 e. The Labute approximate surface area is 164 Å². The van der Waals surface area contributed by atoms with Crippen LogP contribution in [0.4, 0.5) is 0 Å². The molecule has 0 spiro atoms. The zero-order valence-corrected chi connectivity index (χ0v) is 17.0. The summed E-state index contributed by atoms with van der Waals surface area (Å²) in [4.78, 5) is 3.52. The van der Waals surface area contributed by atoms with E-state index in [4.69, 9.17) is 21.7 Å². The third-order valence-corrected chi connectivity index (χ3v) is 5.79. The minimum atomic E-state index is 0.0728. The predicted octanol–water partition coefficient (Wildman–Crippen LogP) is 4.16. The van der Waals surface area contributed by atoms with E-state index in [1.807, 2.05) is 6.92 Å². The summed E-state index contributed by atoms with van der Waals surface area (Å²) < 4.78 is 11.0. The van der Waals surface area contributed by atoms with Crippen LogP contribution >= 0.6 is 23.6 Å². The molecule has 0 aliphatic carbocycles. The lowest BCUT2D eigenvalue weighted by atomic mass is 9.91. The van der Waals surface area contributed by atoms with Gasteiger partial charge in [0.25, 0.3) is 0 Å². The van der Waals surface area contributed by atoms with Crippen molar-refractivity contribution in [2.75, 3.05) is 27.3 Å². The Balaban J connectivity index is 2.02. The minimum absolute atomic E-state index is 0.0728. The molecule has 0 radical (unpaired) electrons. The molecule has 2 heterocycles. The molecule has 138 valence electrons. The van der Waals surface area contributed by atoms with Crippen LogP contribution in [0.1, 0.15) is 29.0 Å². The number of nitrogens with zero attached hydrogens (tertiary/aromatic N) is 1. The van der Waals surface area contributed by atoms with Crippen LogP contribution in [-0.4, -0.2) is 37.3 Å². The van der Waals surface area contributed by atoms with E-state index in [9.17, 15) is 0 Å². The zero-order valence-electron chi connectivity index (χ0n) is 15.4. The molecule has 1 atom stereocenters. The molecule has 1 aliphatic rings. The van der Waals surface area contributed by atoms with Crippen LogP contribution in [0.15, 0.2) is 41.8 Å². The average Bonchev–Trinajstić information content (AvgIpc) is 3.18. The van der Waals surface area contributed by atoms with Gasteiger partial charge < -0.3 is 19.7 Å². The molecule has 0 fully saturated rings. The fourth-order valence-corrected chi connectivity index (χ4v) is 4.37. The lowest BCUT2D eigenvalue weighted by molar-refractivity contribution is 0.327. The number of fused-ring (bicyclic) bond motifs is 1. The Morgan fingerprint density at radius 3 is 2.69 bits per heavy atom. The topological polar surface area (TPSA) is 33.7 Å². The minimum Gasteiger partial charge on any atom is -0.493 e. The van der Waals surface area contributed by atoms with Gasteiger partial charge in [-0.25, -0.2) is 0 Å². The molecule has 0 amide bonds. The second kappa shape index (κ2) is 8.10. The number of nitrogens with one attached hydrogen (secondary N) is 1.